The van der Waals surface area contributed by atoms with Crippen molar-refractivity contribution in [2.75, 3.05) is 25.5 Å². The van der Waals surface area contributed by atoms with E-state index in [-0.39, 0.29) is 6.04 Å². The predicted octanol–water partition coefficient (Wildman–Crippen LogP) is 2.34. The van der Waals surface area contributed by atoms with Gasteiger partial charge in [0.1, 0.15) is 0 Å². The van der Waals surface area contributed by atoms with Gasteiger partial charge >= 0.3 is 0 Å². The molecule has 1 unspecified atom stereocenters. The summed E-state index contributed by atoms with van der Waals surface area (Å²) in [5.74, 6) is 1.24. The molecule has 22 heavy (non-hydrogen) atoms. The third kappa shape index (κ3) is 3.36. The number of methoxy groups -OCH3 is 1. The van der Waals surface area contributed by atoms with Gasteiger partial charge in [-0.2, -0.15) is 0 Å². The molecule has 0 spiro atoms. The molecule has 1 aromatic heterocycles. The van der Waals surface area contributed by atoms with Gasteiger partial charge in [0.05, 0.1) is 7.11 Å². The van der Waals surface area contributed by atoms with Gasteiger partial charge in [0.25, 0.3) is 5.88 Å². The van der Waals surface area contributed by atoms with Crippen LogP contribution in [0.1, 0.15) is 18.1 Å². The highest BCUT2D eigenvalue weighted by Crippen LogP contribution is 2.20. The predicted molar refractivity (Wildman–Crippen MR) is 87.1 cm³/mol. The van der Waals surface area contributed by atoms with Crippen molar-refractivity contribution in [1.29, 1.82) is 0 Å². The van der Waals surface area contributed by atoms with Gasteiger partial charge in [0.2, 0.25) is 0 Å². The highest BCUT2D eigenvalue weighted by atomic mass is 16.5. The minimum atomic E-state index is 0.274. The fourth-order valence-corrected chi connectivity index (χ4v) is 2.95. The van der Waals surface area contributed by atoms with Gasteiger partial charge in [-0.1, -0.05) is 24.3 Å². The molecule has 1 N–H and O–H groups in total. The van der Waals surface area contributed by atoms with Gasteiger partial charge < -0.3 is 10.1 Å². The van der Waals surface area contributed by atoms with Crippen LogP contribution in [0, 0.1) is 0 Å². The lowest BCUT2D eigenvalue weighted by Gasteiger charge is -2.31. The van der Waals surface area contributed by atoms with E-state index in [9.17, 15) is 0 Å². The number of nitrogens with one attached hydrogen (secondary N) is 1. The quantitative estimate of drug-likeness (QED) is 0.918. The van der Waals surface area contributed by atoms with E-state index >= 15 is 0 Å². The van der Waals surface area contributed by atoms with Crippen LogP contribution in [0.4, 0.5) is 5.82 Å². The molecule has 0 saturated carbocycles. The molecular weight excluding hydrogens is 276 g/mol. The van der Waals surface area contributed by atoms with E-state index in [1.807, 2.05) is 0 Å². The average molecular weight is 298 g/mol. The highest BCUT2D eigenvalue weighted by molar-refractivity contribution is 5.45. The van der Waals surface area contributed by atoms with Gasteiger partial charge in [-0.15, -0.1) is 0 Å². The van der Waals surface area contributed by atoms with E-state index < -0.39 is 0 Å². The maximum absolute atomic E-state index is 5.23. The fraction of sp³-hybridized carbons (Fsp3) is 0.412. The molecule has 3 rings (SSSR count). The number of hydrogen-bond donors (Lipinski definition) is 1. The largest absolute Gasteiger partial charge is 0.478 e. The molecule has 0 radical (unpaired) electrons. The first-order valence-electron chi connectivity index (χ1n) is 7.67. The summed E-state index contributed by atoms with van der Waals surface area (Å²) in [4.78, 5) is 10.9. The van der Waals surface area contributed by atoms with Gasteiger partial charge in [-0.25, -0.2) is 9.97 Å². The minimum Gasteiger partial charge on any atom is -0.478 e. The molecule has 0 bridgehead atoms. The number of aromatic nitrogens is 2. The van der Waals surface area contributed by atoms with Crippen LogP contribution in [0.5, 0.6) is 5.88 Å². The molecule has 1 aromatic carbocycles. The first-order chi connectivity index (χ1) is 10.8. The number of nitrogens with zero attached hydrogens (tertiary/aromatic N) is 3. The maximum Gasteiger partial charge on any atom is 0.257 e. The van der Waals surface area contributed by atoms with E-state index in [0.717, 1.165) is 26.1 Å². The van der Waals surface area contributed by atoms with Crippen molar-refractivity contribution in [3.05, 3.63) is 47.8 Å². The Labute approximate surface area is 131 Å². The highest BCUT2D eigenvalue weighted by Gasteiger charge is 2.18. The van der Waals surface area contributed by atoms with Crippen LogP contribution in [0.2, 0.25) is 0 Å². The van der Waals surface area contributed by atoms with Gasteiger partial charge in [0, 0.05) is 38.1 Å². The van der Waals surface area contributed by atoms with Crippen molar-refractivity contribution in [1.82, 2.24) is 14.9 Å². The summed E-state index contributed by atoms with van der Waals surface area (Å²) in [6.45, 7) is 5.24. The zero-order valence-corrected chi connectivity index (χ0v) is 13.1. The van der Waals surface area contributed by atoms with Gasteiger partial charge in [0.15, 0.2) is 5.82 Å². The molecule has 1 aliphatic heterocycles. The lowest BCUT2D eigenvalue weighted by Crippen LogP contribution is -2.38. The number of ether oxygens (including phenoxy) is 1. The molecule has 1 atom stereocenters. The second-order valence-electron chi connectivity index (χ2n) is 5.71. The second kappa shape index (κ2) is 6.75. The van der Waals surface area contributed by atoms with Crippen molar-refractivity contribution >= 4 is 5.82 Å². The average Bonchev–Trinajstić information content (AvgIpc) is 2.55. The van der Waals surface area contributed by atoms with Gasteiger partial charge in [-0.3, -0.25) is 4.90 Å². The third-order valence-corrected chi connectivity index (χ3v) is 3.98. The molecule has 1 aliphatic rings. The van der Waals surface area contributed by atoms with E-state index in [4.69, 9.17) is 4.74 Å². The molecule has 0 aliphatic carbocycles. The van der Waals surface area contributed by atoms with Crippen molar-refractivity contribution in [3.63, 3.8) is 0 Å². The number of rotatable bonds is 5. The molecule has 5 nitrogen and oxygen atoms in total. The Morgan fingerprint density at radius 3 is 2.82 bits per heavy atom. The topological polar surface area (TPSA) is 50.3 Å². The summed E-state index contributed by atoms with van der Waals surface area (Å²) in [6, 6.07) is 8.98. The van der Waals surface area contributed by atoms with Crippen molar-refractivity contribution in [3.8, 4) is 5.88 Å². The van der Waals surface area contributed by atoms with E-state index in [2.05, 4.69) is 51.4 Å². The van der Waals surface area contributed by atoms with E-state index in [0.29, 0.717) is 11.7 Å². The summed E-state index contributed by atoms with van der Waals surface area (Å²) in [7, 11) is 1.61. The molecule has 2 heterocycles. The van der Waals surface area contributed by atoms with Crippen LogP contribution >= 0.6 is 0 Å². The van der Waals surface area contributed by atoms with Crippen LogP contribution < -0.4 is 10.1 Å². The molecule has 5 heteroatoms. The Kier molecular flexibility index (Phi) is 4.53. The Hall–Kier alpha value is -2.14. The zero-order chi connectivity index (χ0) is 15.4. The number of anilines is 1. The fourth-order valence-electron chi connectivity index (χ4n) is 2.95. The third-order valence-electron chi connectivity index (χ3n) is 3.98. The summed E-state index contributed by atoms with van der Waals surface area (Å²) >= 11 is 0. The Bertz CT molecular complexity index is 632. The van der Waals surface area contributed by atoms with Crippen molar-refractivity contribution in [2.45, 2.75) is 25.9 Å². The van der Waals surface area contributed by atoms with Crippen molar-refractivity contribution < 1.29 is 4.74 Å². The lowest BCUT2D eigenvalue weighted by atomic mass is 10.00. The first-order valence-corrected chi connectivity index (χ1v) is 7.67. The SMILES string of the molecule is COc1nccnc1NC(C)CN1CCc2ccccc2C1. The van der Waals surface area contributed by atoms with Crippen LogP contribution in [0.3, 0.4) is 0 Å². The first kappa shape index (κ1) is 14.8. The van der Waals surface area contributed by atoms with Crippen LogP contribution in [0.15, 0.2) is 36.7 Å². The van der Waals surface area contributed by atoms with Crippen molar-refractivity contribution in [2.24, 2.45) is 0 Å². The maximum atomic E-state index is 5.23. The Morgan fingerprint density at radius 2 is 2.00 bits per heavy atom. The smallest absolute Gasteiger partial charge is 0.257 e. The Balaban J connectivity index is 1.60. The monoisotopic (exact) mass is 298 g/mol. The Morgan fingerprint density at radius 1 is 1.23 bits per heavy atom. The lowest BCUT2D eigenvalue weighted by molar-refractivity contribution is 0.247. The number of fused-ring (bicyclic) bond motifs is 1. The van der Waals surface area contributed by atoms with Crippen LogP contribution in [-0.4, -0.2) is 41.1 Å². The van der Waals surface area contributed by atoms with E-state index in [1.54, 1.807) is 19.5 Å². The normalized spacial score (nSPS) is 15.9. The summed E-state index contributed by atoms with van der Waals surface area (Å²) in [5, 5.41) is 3.39. The van der Waals surface area contributed by atoms with E-state index in [1.165, 1.54) is 11.1 Å². The van der Waals surface area contributed by atoms with Crippen LogP contribution in [0.25, 0.3) is 0 Å². The molecule has 116 valence electrons. The van der Waals surface area contributed by atoms with Gasteiger partial charge in [-0.05, 0) is 24.5 Å². The molecule has 2 aromatic rings. The number of hydrogen-bond acceptors (Lipinski definition) is 5. The zero-order valence-electron chi connectivity index (χ0n) is 13.1. The molecule has 0 saturated heterocycles. The van der Waals surface area contributed by atoms with Crippen LogP contribution in [-0.2, 0) is 13.0 Å². The second-order valence-corrected chi connectivity index (χ2v) is 5.71. The molecule has 0 fully saturated rings. The minimum absolute atomic E-state index is 0.274. The molecule has 0 amide bonds. The summed E-state index contributed by atoms with van der Waals surface area (Å²) in [5.41, 5.74) is 2.92. The summed E-state index contributed by atoms with van der Waals surface area (Å²) < 4.78 is 5.23. The summed E-state index contributed by atoms with van der Waals surface area (Å²) in [6.07, 6.45) is 4.43. The number of benzene rings is 1. The molecular formula is C17H22N4O. The standard InChI is InChI=1S/C17H22N4O/c1-13(20-16-17(22-2)19-9-8-18-16)11-21-10-7-14-5-3-4-6-15(14)12-21/h3-6,8-9,13H,7,10-12H2,1-2H3,(H,18,20).